The summed E-state index contributed by atoms with van der Waals surface area (Å²) in [5.74, 6) is -0.242. The van der Waals surface area contributed by atoms with Crippen LogP contribution in [0.4, 0.5) is 23.7 Å². The minimum absolute atomic E-state index is 0.0832. The maximum Gasteiger partial charge on any atom is 0.422 e. The topological polar surface area (TPSA) is 70.7 Å². The molecule has 0 aromatic heterocycles. The van der Waals surface area contributed by atoms with E-state index >= 15 is 0 Å². The summed E-state index contributed by atoms with van der Waals surface area (Å²) in [6.07, 6.45) is -4.41. The monoisotopic (exact) mass is 437 g/mol. The van der Waals surface area contributed by atoms with Gasteiger partial charge in [-0.15, -0.1) is 0 Å². The number of carbonyl (C=O) groups is 2. The van der Waals surface area contributed by atoms with Crippen LogP contribution in [0.15, 0.2) is 42.5 Å². The first-order chi connectivity index (χ1) is 14.5. The minimum Gasteiger partial charge on any atom is -0.484 e. The molecule has 0 unspecified atom stereocenters. The number of likely N-dealkylation sites (N-methyl/N-ethyl adjacent to an activating group) is 1. The second-order valence-electron chi connectivity index (χ2n) is 7.32. The Morgan fingerprint density at radius 3 is 2.19 bits per heavy atom. The highest BCUT2D eigenvalue weighted by molar-refractivity contribution is 5.95. The number of nitrogens with zero attached hydrogens (tertiary/aromatic N) is 1. The lowest BCUT2D eigenvalue weighted by Crippen LogP contribution is -2.42. The molecule has 0 aliphatic carbocycles. The third-order valence-corrected chi connectivity index (χ3v) is 4.60. The zero-order chi connectivity index (χ0) is 23.2. The zero-order valence-corrected chi connectivity index (χ0v) is 17.8. The maximum absolute atomic E-state index is 12.4. The molecule has 2 aromatic rings. The molecule has 3 amide bonds. The van der Waals surface area contributed by atoms with Crippen LogP contribution in [-0.2, 0) is 4.79 Å². The minimum atomic E-state index is -4.41. The van der Waals surface area contributed by atoms with Crippen LogP contribution in [0.2, 0.25) is 0 Å². The van der Waals surface area contributed by atoms with Crippen LogP contribution in [0.25, 0.3) is 0 Å². The Kier molecular flexibility index (Phi) is 7.90. The largest absolute Gasteiger partial charge is 0.484 e. The molecule has 0 radical (unpaired) electrons. The Morgan fingerprint density at radius 2 is 1.65 bits per heavy atom. The van der Waals surface area contributed by atoms with Crippen LogP contribution in [0.3, 0.4) is 0 Å². The van der Waals surface area contributed by atoms with Gasteiger partial charge in [0.2, 0.25) is 5.91 Å². The van der Waals surface area contributed by atoms with Crippen LogP contribution < -0.4 is 15.4 Å². The summed E-state index contributed by atoms with van der Waals surface area (Å²) in [7, 11) is 1.50. The number of aryl methyl sites for hydroxylation is 2. The maximum atomic E-state index is 12.4. The summed E-state index contributed by atoms with van der Waals surface area (Å²) in [4.78, 5) is 26.0. The average Bonchev–Trinajstić information content (AvgIpc) is 2.69. The number of urea groups is 1. The molecule has 0 saturated carbocycles. The van der Waals surface area contributed by atoms with Gasteiger partial charge in [-0.3, -0.25) is 4.79 Å². The van der Waals surface area contributed by atoms with E-state index in [4.69, 9.17) is 0 Å². The van der Waals surface area contributed by atoms with Gasteiger partial charge < -0.3 is 20.3 Å². The van der Waals surface area contributed by atoms with E-state index in [9.17, 15) is 22.8 Å². The molecular weight excluding hydrogens is 411 g/mol. The van der Waals surface area contributed by atoms with Gasteiger partial charge in [-0.1, -0.05) is 30.3 Å². The first-order valence-corrected chi connectivity index (χ1v) is 9.63. The molecule has 31 heavy (non-hydrogen) atoms. The lowest BCUT2D eigenvalue weighted by Gasteiger charge is -2.22. The predicted octanol–water partition coefficient (Wildman–Crippen LogP) is 4.59. The predicted molar refractivity (Wildman–Crippen MR) is 112 cm³/mol. The molecular formula is C22H26F3N3O3. The summed E-state index contributed by atoms with van der Waals surface area (Å²) in [5, 5.41) is 5.57. The van der Waals surface area contributed by atoms with Crippen molar-refractivity contribution in [3.63, 3.8) is 0 Å². The van der Waals surface area contributed by atoms with Crippen molar-refractivity contribution in [3.05, 3.63) is 59.2 Å². The molecule has 0 spiro atoms. The number of amides is 3. The summed E-state index contributed by atoms with van der Waals surface area (Å²) in [6, 6.07) is 10.8. The summed E-state index contributed by atoms with van der Waals surface area (Å²) < 4.78 is 41.3. The number of alkyl halides is 3. The fourth-order valence-electron chi connectivity index (χ4n) is 2.87. The number of hydrogen-bond donors (Lipinski definition) is 2. The summed E-state index contributed by atoms with van der Waals surface area (Å²) >= 11 is 0. The molecule has 0 heterocycles. The van der Waals surface area contributed by atoms with Crippen molar-refractivity contribution in [3.8, 4) is 5.75 Å². The Labute approximate surface area is 179 Å². The van der Waals surface area contributed by atoms with Gasteiger partial charge in [-0.25, -0.2) is 4.79 Å². The molecule has 2 rings (SSSR count). The fraction of sp³-hybridized carbons (Fsp3) is 0.364. The standard InChI is InChI=1S/C22H26F3N3O3/c1-14-6-5-7-15(2)20(14)27-19(29)12-28(4)21(30)26-16(3)17-8-10-18(11-9-17)31-13-22(23,24)25/h5-11,16H,12-13H2,1-4H3,(H,26,30)(H,27,29)/t16-/m1/s1. The van der Waals surface area contributed by atoms with Gasteiger partial charge in [-0.05, 0) is 49.6 Å². The highest BCUT2D eigenvalue weighted by Crippen LogP contribution is 2.21. The molecule has 168 valence electrons. The Bertz CT molecular complexity index is 894. The number of rotatable bonds is 7. The SMILES string of the molecule is Cc1cccc(C)c1NC(=O)CN(C)C(=O)N[C@H](C)c1ccc(OCC(F)(F)F)cc1. The van der Waals surface area contributed by atoms with Gasteiger partial charge in [0, 0.05) is 12.7 Å². The quantitative estimate of drug-likeness (QED) is 0.666. The van der Waals surface area contributed by atoms with Crippen LogP contribution >= 0.6 is 0 Å². The highest BCUT2D eigenvalue weighted by atomic mass is 19.4. The molecule has 9 heteroatoms. The lowest BCUT2D eigenvalue weighted by molar-refractivity contribution is -0.153. The average molecular weight is 437 g/mol. The van der Waals surface area contributed by atoms with E-state index in [1.165, 1.54) is 24.1 Å². The van der Waals surface area contributed by atoms with E-state index < -0.39 is 24.9 Å². The van der Waals surface area contributed by atoms with E-state index in [1.54, 1.807) is 19.1 Å². The van der Waals surface area contributed by atoms with Crippen LogP contribution in [0.5, 0.6) is 5.75 Å². The van der Waals surface area contributed by atoms with Crippen molar-refractivity contribution in [1.29, 1.82) is 0 Å². The number of nitrogens with one attached hydrogen (secondary N) is 2. The molecule has 0 bridgehead atoms. The highest BCUT2D eigenvalue weighted by Gasteiger charge is 2.28. The summed E-state index contributed by atoms with van der Waals surface area (Å²) in [5.41, 5.74) is 3.26. The first-order valence-electron chi connectivity index (χ1n) is 9.63. The van der Waals surface area contributed by atoms with E-state index in [1.807, 2.05) is 32.0 Å². The van der Waals surface area contributed by atoms with Crippen molar-refractivity contribution in [2.75, 3.05) is 25.5 Å². The molecule has 0 aliphatic rings. The lowest BCUT2D eigenvalue weighted by atomic mass is 10.1. The zero-order valence-electron chi connectivity index (χ0n) is 17.8. The number of para-hydroxylation sites is 1. The first kappa shape index (κ1) is 24.0. The number of hydrogen-bond acceptors (Lipinski definition) is 3. The van der Waals surface area contributed by atoms with E-state index in [2.05, 4.69) is 15.4 Å². The third kappa shape index (κ3) is 7.51. The number of ether oxygens (including phenoxy) is 1. The van der Waals surface area contributed by atoms with Crippen molar-refractivity contribution in [2.45, 2.75) is 33.0 Å². The van der Waals surface area contributed by atoms with Crippen molar-refractivity contribution >= 4 is 17.6 Å². The van der Waals surface area contributed by atoms with Crippen LogP contribution in [-0.4, -0.2) is 43.2 Å². The second kappa shape index (κ2) is 10.2. The normalized spacial score (nSPS) is 12.1. The van der Waals surface area contributed by atoms with E-state index in [-0.39, 0.29) is 18.2 Å². The molecule has 1 atom stereocenters. The van der Waals surface area contributed by atoms with Gasteiger partial charge in [-0.2, -0.15) is 13.2 Å². The summed E-state index contributed by atoms with van der Waals surface area (Å²) in [6.45, 7) is 4.00. The molecule has 0 saturated heterocycles. The second-order valence-corrected chi connectivity index (χ2v) is 7.32. The Hall–Kier alpha value is -3.23. The smallest absolute Gasteiger partial charge is 0.422 e. The van der Waals surface area contributed by atoms with E-state index in [0.717, 1.165) is 16.8 Å². The Balaban J connectivity index is 1.88. The molecule has 0 fully saturated rings. The number of carbonyl (C=O) groups excluding carboxylic acids is 2. The van der Waals surface area contributed by atoms with Crippen molar-refractivity contribution in [2.24, 2.45) is 0 Å². The molecule has 6 nitrogen and oxygen atoms in total. The van der Waals surface area contributed by atoms with Gasteiger partial charge in [0.25, 0.3) is 0 Å². The molecule has 2 aromatic carbocycles. The fourth-order valence-corrected chi connectivity index (χ4v) is 2.87. The van der Waals surface area contributed by atoms with Gasteiger partial charge in [0.05, 0.1) is 6.04 Å². The number of anilines is 1. The third-order valence-electron chi connectivity index (χ3n) is 4.60. The Morgan fingerprint density at radius 1 is 1.06 bits per heavy atom. The van der Waals surface area contributed by atoms with Gasteiger partial charge in [0.15, 0.2) is 6.61 Å². The van der Waals surface area contributed by atoms with Crippen LogP contribution in [0.1, 0.15) is 29.7 Å². The number of halogens is 3. The van der Waals surface area contributed by atoms with Gasteiger partial charge >= 0.3 is 12.2 Å². The van der Waals surface area contributed by atoms with Crippen LogP contribution in [0, 0.1) is 13.8 Å². The molecule has 2 N–H and O–H groups in total. The molecule has 0 aliphatic heterocycles. The number of benzene rings is 2. The van der Waals surface area contributed by atoms with E-state index in [0.29, 0.717) is 5.56 Å². The van der Waals surface area contributed by atoms with Crippen molar-refractivity contribution < 1.29 is 27.5 Å². The van der Waals surface area contributed by atoms with Gasteiger partial charge in [0.1, 0.15) is 12.3 Å². The van der Waals surface area contributed by atoms with Crippen molar-refractivity contribution in [1.82, 2.24) is 10.2 Å².